The number of ketones is 4. The number of amides is 2. The van der Waals surface area contributed by atoms with Gasteiger partial charge >= 0.3 is 59.1 Å². The predicted molar refractivity (Wildman–Crippen MR) is 215 cm³/mol. The van der Waals surface area contributed by atoms with Crippen molar-refractivity contribution in [2.75, 3.05) is 10.6 Å². The summed E-state index contributed by atoms with van der Waals surface area (Å²) in [6.07, 6.45) is -0.685. The Kier molecular flexibility index (Phi) is 21.6. The maximum atomic E-state index is 11.8. The standard InChI is InChI=1S/2C22H24N2O4.2Na/c2*1-13-9-17(5-7-19(13)23-21(27)11-15(3)25)18-6-8-20(14(2)10-18)24-22(28)12-16(4)26;;/h2*5-10H,11-12H2,1-4H3,(H,23,27)(H,24,28);;/q;;2*+1/p-2. The molecular formula is C44H46N4Na2O8. The second-order valence-corrected chi connectivity index (χ2v) is 13.7. The number of carbonyl (C=O) groups is 6. The second-order valence-electron chi connectivity index (χ2n) is 13.7. The first-order valence-corrected chi connectivity index (χ1v) is 17.8. The normalized spacial score (nSPS) is 10.8. The Balaban J connectivity index is 0.000000561. The Bertz CT molecular complexity index is 2090. The molecule has 2 N–H and O–H groups in total. The van der Waals surface area contributed by atoms with Crippen LogP contribution in [0, 0.1) is 27.7 Å². The monoisotopic (exact) mass is 804 g/mol. The van der Waals surface area contributed by atoms with E-state index in [-0.39, 0.29) is 120 Å². The summed E-state index contributed by atoms with van der Waals surface area (Å²) >= 11 is 0. The molecule has 0 heterocycles. The number of hydrogen-bond acceptors (Lipinski definition) is 10. The number of nitrogens with zero attached hydrogens (tertiary/aromatic N) is 2. The van der Waals surface area contributed by atoms with E-state index >= 15 is 0 Å². The molecule has 0 aliphatic rings. The van der Waals surface area contributed by atoms with Gasteiger partial charge in [-0.25, -0.2) is 0 Å². The number of carbonyl (C=O) groups excluding carboxylic acids is 6. The van der Waals surface area contributed by atoms with Crippen molar-refractivity contribution in [3.8, 4) is 22.3 Å². The summed E-state index contributed by atoms with van der Waals surface area (Å²) in [5, 5.41) is 28.9. The van der Waals surface area contributed by atoms with Gasteiger partial charge in [0.25, 0.3) is 0 Å². The zero-order valence-electron chi connectivity index (χ0n) is 34.9. The van der Waals surface area contributed by atoms with Gasteiger partial charge in [-0.05, 0) is 160 Å². The zero-order valence-corrected chi connectivity index (χ0v) is 38.9. The maximum absolute atomic E-state index is 11.8. The quantitative estimate of drug-likeness (QED) is 0.0797. The van der Waals surface area contributed by atoms with Gasteiger partial charge < -0.3 is 20.8 Å². The van der Waals surface area contributed by atoms with Crippen molar-refractivity contribution in [3.63, 3.8) is 0 Å². The number of nitrogens with one attached hydrogen (secondary N) is 2. The fourth-order valence-electron chi connectivity index (χ4n) is 5.50. The molecule has 14 heteroatoms. The minimum Gasteiger partial charge on any atom is -0.861 e. The van der Waals surface area contributed by atoms with Gasteiger partial charge in [0.1, 0.15) is 23.1 Å². The molecule has 4 aromatic rings. The Hall–Kier alpha value is -4.56. The number of rotatable bonds is 14. The van der Waals surface area contributed by atoms with E-state index in [1.807, 2.05) is 76.2 Å². The average Bonchev–Trinajstić information content (AvgIpc) is 3.07. The number of anilines is 2. The molecule has 292 valence electrons. The van der Waals surface area contributed by atoms with Gasteiger partial charge in [-0.2, -0.15) is 0 Å². The summed E-state index contributed by atoms with van der Waals surface area (Å²) in [4.78, 5) is 75.7. The van der Waals surface area contributed by atoms with E-state index in [0.29, 0.717) is 22.7 Å². The zero-order chi connectivity index (χ0) is 41.7. The fraction of sp³-hybridized carbons (Fsp3) is 0.273. The van der Waals surface area contributed by atoms with Gasteiger partial charge in [0.05, 0.1) is 24.2 Å². The first-order valence-electron chi connectivity index (χ1n) is 17.8. The van der Waals surface area contributed by atoms with Crippen molar-refractivity contribution >= 4 is 69.5 Å². The molecule has 4 rings (SSSR count). The van der Waals surface area contributed by atoms with Crippen molar-refractivity contribution in [1.29, 1.82) is 0 Å². The minimum absolute atomic E-state index is 0. The van der Waals surface area contributed by atoms with Crippen LogP contribution in [0.25, 0.3) is 22.3 Å². The van der Waals surface area contributed by atoms with Crippen molar-refractivity contribution in [3.05, 3.63) is 95.1 Å². The van der Waals surface area contributed by atoms with Crippen LogP contribution in [0.4, 0.5) is 22.7 Å². The van der Waals surface area contributed by atoms with Gasteiger partial charge in [0.2, 0.25) is 11.8 Å². The van der Waals surface area contributed by atoms with Crippen LogP contribution in [-0.2, 0) is 28.8 Å². The molecule has 58 heavy (non-hydrogen) atoms. The number of hydrogen-bond donors (Lipinski definition) is 2. The molecule has 0 bridgehead atoms. The summed E-state index contributed by atoms with van der Waals surface area (Å²) in [5.41, 5.74) is 9.59. The average molecular weight is 805 g/mol. The van der Waals surface area contributed by atoms with Crippen LogP contribution in [0.2, 0.25) is 0 Å². The molecule has 0 aromatic heterocycles. The summed E-state index contributed by atoms with van der Waals surface area (Å²) in [6.45, 7) is 12.9. The van der Waals surface area contributed by atoms with E-state index in [2.05, 4.69) is 20.6 Å². The maximum Gasteiger partial charge on any atom is 1.00 e. The van der Waals surface area contributed by atoms with Crippen LogP contribution >= 0.6 is 0 Å². The van der Waals surface area contributed by atoms with Crippen LogP contribution in [0.5, 0.6) is 0 Å². The van der Waals surface area contributed by atoms with E-state index in [9.17, 15) is 39.0 Å². The van der Waals surface area contributed by atoms with E-state index in [0.717, 1.165) is 44.5 Å². The van der Waals surface area contributed by atoms with Crippen LogP contribution in [0.3, 0.4) is 0 Å². The molecule has 0 aliphatic carbocycles. The molecule has 12 nitrogen and oxygen atoms in total. The van der Waals surface area contributed by atoms with E-state index in [4.69, 9.17) is 0 Å². The van der Waals surface area contributed by atoms with Crippen LogP contribution in [-0.4, -0.2) is 46.7 Å². The number of aryl methyl sites for hydroxylation is 4. The third kappa shape index (κ3) is 17.1. The molecule has 4 aromatic carbocycles. The first-order chi connectivity index (χ1) is 26.3. The molecule has 0 fully saturated rings. The predicted octanol–water partition coefficient (Wildman–Crippen LogP) is 0.523. The minimum atomic E-state index is -0.454. The number of benzene rings is 4. The topological polar surface area (TPSA) is 197 Å². The molecule has 2 amide bonds. The van der Waals surface area contributed by atoms with E-state index < -0.39 is 11.8 Å². The Morgan fingerprint density at radius 1 is 0.448 bits per heavy atom. The number of Topliss-reactive ketones (excluding diaryl/α,β-unsaturated/α-hetero) is 4. The van der Waals surface area contributed by atoms with Crippen LogP contribution in [0.15, 0.2) is 82.8 Å². The Morgan fingerprint density at radius 3 is 0.983 bits per heavy atom. The molecular weight excluding hydrogens is 758 g/mol. The van der Waals surface area contributed by atoms with Gasteiger partial charge in [0.15, 0.2) is 0 Å². The van der Waals surface area contributed by atoms with Crippen molar-refractivity contribution in [2.24, 2.45) is 9.98 Å². The summed E-state index contributed by atoms with van der Waals surface area (Å²) in [6, 6.07) is 22.3. The van der Waals surface area contributed by atoms with E-state index in [1.54, 1.807) is 24.3 Å². The third-order valence-electron chi connectivity index (χ3n) is 8.17. The summed E-state index contributed by atoms with van der Waals surface area (Å²) in [5.74, 6) is -2.37. The number of aliphatic imine (C=N–C) groups is 2. The summed E-state index contributed by atoms with van der Waals surface area (Å²) < 4.78 is 0. The first kappa shape index (κ1) is 51.5. The smallest absolute Gasteiger partial charge is 0.861 e. The molecule has 0 saturated carbocycles. The SMILES string of the molecule is CC(=O)CC(=O)Nc1ccc(-c2ccc(N=C([O-])CC(C)=O)c(C)c2)cc1C.CC(=O)CC(=O)Nc1ccc(-c2ccc(N=C([O-])CC(C)=O)c(C)c2)cc1C.[Na+].[Na+]. The fourth-order valence-corrected chi connectivity index (χ4v) is 5.50. The second kappa shape index (κ2) is 24.4. The Labute approximate surface area is 383 Å². The van der Waals surface area contributed by atoms with Crippen molar-refractivity contribution in [2.45, 2.75) is 81.1 Å². The van der Waals surface area contributed by atoms with Crippen LogP contribution < -0.4 is 80.0 Å². The third-order valence-corrected chi connectivity index (χ3v) is 8.17. The van der Waals surface area contributed by atoms with Crippen molar-refractivity contribution in [1.82, 2.24) is 0 Å². The van der Waals surface area contributed by atoms with E-state index in [1.165, 1.54) is 27.7 Å². The van der Waals surface area contributed by atoms with Gasteiger partial charge in [-0.3, -0.25) is 38.8 Å². The molecule has 0 radical (unpaired) electrons. The van der Waals surface area contributed by atoms with Crippen molar-refractivity contribution < 1.29 is 98.1 Å². The van der Waals surface area contributed by atoms with Crippen LogP contribution in [0.1, 0.15) is 75.6 Å². The molecule has 0 spiro atoms. The molecule has 0 atom stereocenters. The van der Waals surface area contributed by atoms with Gasteiger partial charge in [-0.15, -0.1) is 0 Å². The molecule has 0 saturated heterocycles. The van der Waals surface area contributed by atoms with Gasteiger partial charge in [0, 0.05) is 24.2 Å². The van der Waals surface area contributed by atoms with Gasteiger partial charge in [-0.1, -0.05) is 24.3 Å². The molecule has 0 unspecified atom stereocenters. The Morgan fingerprint density at radius 2 is 0.724 bits per heavy atom. The largest absolute Gasteiger partial charge is 1.00 e. The molecule has 0 aliphatic heterocycles. The summed E-state index contributed by atoms with van der Waals surface area (Å²) in [7, 11) is 0.